The van der Waals surface area contributed by atoms with E-state index in [4.69, 9.17) is 5.73 Å². The van der Waals surface area contributed by atoms with Crippen molar-refractivity contribution in [1.82, 2.24) is 4.90 Å². The standard InChI is InChI=1S/C14H25F3N2O/c1-3-7-19(9-14(15,16)17)13(20)10(2)11-5-4-6-12(18)8-11/h10-12H,3-9,18H2,1-2H3. The van der Waals surface area contributed by atoms with E-state index in [-0.39, 0.29) is 30.3 Å². The van der Waals surface area contributed by atoms with E-state index in [0.717, 1.165) is 30.6 Å². The van der Waals surface area contributed by atoms with Gasteiger partial charge in [-0.1, -0.05) is 20.3 Å². The van der Waals surface area contributed by atoms with E-state index in [0.29, 0.717) is 6.42 Å². The van der Waals surface area contributed by atoms with Crippen LogP contribution >= 0.6 is 0 Å². The largest absolute Gasteiger partial charge is 0.406 e. The molecule has 1 aliphatic carbocycles. The highest BCUT2D eigenvalue weighted by Gasteiger charge is 2.36. The summed E-state index contributed by atoms with van der Waals surface area (Å²) in [7, 11) is 0. The van der Waals surface area contributed by atoms with Crippen LogP contribution in [0.1, 0.15) is 46.0 Å². The van der Waals surface area contributed by atoms with Gasteiger partial charge in [-0.15, -0.1) is 0 Å². The van der Waals surface area contributed by atoms with Crippen LogP contribution in [0.5, 0.6) is 0 Å². The molecule has 1 rings (SSSR count). The molecule has 0 spiro atoms. The molecule has 0 aromatic heterocycles. The van der Waals surface area contributed by atoms with Crippen molar-refractivity contribution >= 4 is 5.91 Å². The van der Waals surface area contributed by atoms with Crippen molar-refractivity contribution in [1.29, 1.82) is 0 Å². The smallest absolute Gasteiger partial charge is 0.333 e. The zero-order valence-electron chi connectivity index (χ0n) is 12.2. The first-order valence-electron chi connectivity index (χ1n) is 7.35. The molecule has 0 aromatic rings. The van der Waals surface area contributed by atoms with E-state index in [1.807, 2.05) is 0 Å². The molecule has 3 nitrogen and oxygen atoms in total. The first-order chi connectivity index (χ1) is 9.24. The van der Waals surface area contributed by atoms with Crippen LogP contribution in [-0.2, 0) is 4.79 Å². The van der Waals surface area contributed by atoms with Crippen LogP contribution < -0.4 is 5.73 Å². The van der Waals surface area contributed by atoms with Crippen LogP contribution in [0.3, 0.4) is 0 Å². The number of nitrogens with zero attached hydrogens (tertiary/aromatic N) is 1. The fourth-order valence-electron chi connectivity index (χ4n) is 2.96. The molecule has 0 heterocycles. The lowest BCUT2D eigenvalue weighted by Gasteiger charge is -2.34. The maximum absolute atomic E-state index is 12.5. The molecule has 3 atom stereocenters. The van der Waals surface area contributed by atoms with Gasteiger partial charge in [-0.2, -0.15) is 13.2 Å². The number of carbonyl (C=O) groups is 1. The van der Waals surface area contributed by atoms with Gasteiger partial charge in [-0.3, -0.25) is 4.79 Å². The molecule has 1 amide bonds. The molecule has 1 saturated carbocycles. The van der Waals surface area contributed by atoms with Gasteiger partial charge in [0, 0.05) is 18.5 Å². The Morgan fingerprint density at radius 1 is 1.40 bits per heavy atom. The third kappa shape index (κ3) is 5.31. The molecule has 0 aromatic carbocycles. The number of rotatable bonds is 5. The second-order valence-electron chi connectivity index (χ2n) is 5.85. The Morgan fingerprint density at radius 3 is 2.55 bits per heavy atom. The molecule has 20 heavy (non-hydrogen) atoms. The number of hydrogen-bond donors (Lipinski definition) is 1. The second kappa shape index (κ2) is 7.29. The average molecular weight is 294 g/mol. The van der Waals surface area contributed by atoms with E-state index in [2.05, 4.69) is 0 Å². The number of carbonyl (C=O) groups excluding carboxylic acids is 1. The van der Waals surface area contributed by atoms with E-state index in [1.54, 1.807) is 13.8 Å². The molecule has 6 heteroatoms. The number of halogens is 3. The lowest BCUT2D eigenvalue weighted by Crippen LogP contribution is -2.45. The first-order valence-corrected chi connectivity index (χ1v) is 7.35. The monoisotopic (exact) mass is 294 g/mol. The van der Waals surface area contributed by atoms with Crippen molar-refractivity contribution in [2.75, 3.05) is 13.1 Å². The van der Waals surface area contributed by atoms with Gasteiger partial charge in [0.15, 0.2) is 0 Å². The quantitative estimate of drug-likeness (QED) is 0.847. The van der Waals surface area contributed by atoms with Gasteiger partial charge >= 0.3 is 6.18 Å². The van der Waals surface area contributed by atoms with Crippen LogP contribution in [0.25, 0.3) is 0 Å². The summed E-state index contributed by atoms with van der Waals surface area (Å²) < 4.78 is 37.6. The van der Waals surface area contributed by atoms with Gasteiger partial charge in [0.2, 0.25) is 5.91 Å². The number of hydrogen-bond acceptors (Lipinski definition) is 2. The molecule has 118 valence electrons. The molecule has 0 bridgehead atoms. The van der Waals surface area contributed by atoms with Gasteiger partial charge < -0.3 is 10.6 Å². The summed E-state index contributed by atoms with van der Waals surface area (Å²) >= 11 is 0. The van der Waals surface area contributed by atoms with E-state index in [1.165, 1.54) is 0 Å². The summed E-state index contributed by atoms with van der Waals surface area (Å²) in [6, 6.07) is 0.0752. The van der Waals surface area contributed by atoms with E-state index < -0.39 is 12.7 Å². The summed E-state index contributed by atoms with van der Waals surface area (Å²) in [6.45, 7) is 2.52. The fourth-order valence-corrected chi connectivity index (χ4v) is 2.96. The molecule has 2 N–H and O–H groups in total. The van der Waals surface area contributed by atoms with E-state index in [9.17, 15) is 18.0 Å². The summed E-state index contributed by atoms with van der Waals surface area (Å²) in [6.07, 6.45) is -0.299. The molecule has 0 radical (unpaired) electrons. The Hall–Kier alpha value is -0.780. The Labute approximate surface area is 118 Å². The molecular weight excluding hydrogens is 269 g/mol. The Balaban J connectivity index is 2.67. The third-order valence-corrected chi connectivity index (χ3v) is 4.03. The maximum Gasteiger partial charge on any atom is 0.406 e. The lowest BCUT2D eigenvalue weighted by molar-refractivity contribution is -0.164. The van der Waals surface area contributed by atoms with Crippen molar-refractivity contribution in [2.24, 2.45) is 17.6 Å². The Kier molecular flexibility index (Phi) is 6.30. The number of alkyl halides is 3. The van der Waals surface area contributed by atoms with Gasteiger partial charge in [0.05, 0.1) is 0 Å². The normalized spacial score (nSPS) is 25.3. The lowest BCUT2D eigenvalue weighted by atomic mass is 9.78. The summed E-state index contributed by atoms with van der Waals surface area (Å²) in [4.78, 5) is 13.3. The van der Waals surface area contributed by atoms with Crippen LogP contribution in [0.4, 0.5) is 13.2 Å². The highest BCUT2D eigenvalue weighted by Crippen LogP contribution is 2.31. The zero-order valence-corrected chi connectivity index (χ0v) is 12.2. The van der Waals surface area contributed by atoms with Crippen molar-refractivity contribution in [2.45, 2.75) is 58.2 Å². The minimum absolute atomic E-state index is 0.0752. The molecule has 0 saturated heterocycles. The van der Waals surface area contributed by atoms with Crippen LogP contribution in [0.2, 0.25) is 0 Å². The average Bonchev–Trinajstić information content (AvgIpc) is 2.35. The van der Waals surface area contributed by atoms with Crippen LogP contribution in [0, 0.1) is 11.8 Å². The SMILES string of the molecule is CCCN(CC(F)(F)F)C(=O)C(C)C1CCCC(N)C1. The predicted octanol–water partition coefficient (Wildman–Crippen LogP) is 2.94. The third-order valence-electron chi connectivity index (χ3n) is 4.03. The van der Waals surface area contributed by atoms with Crippen molar-refractivity contribution in [3.05, 3.63) is 0 Å². The van der Waals surface area contributed by atoms with Gasteiger partial charge in [0.25, 0.3) is 0 Å². The highest BCUT2D eigenvalue weighted by atomic mass is 19.4. The van der Waals surface area contributed by atoms with E-state index >= 15 is 0 Å². The Morgan fingerprint density at radius 2 is 2.05 bits per heavy atom. The summed E-state index contributed by atoms with van der Waals surface area (Å²) in [5.41, 5.74) is 5.89. The topological polar surface area (TPSA) is 46.3 Å². The van der Waals surface area contributed by atoms with Crippen LogP contribution in [-0.4, -0.2) is 36.1 Å². The zero-order chi connectivity index (χ0) is 15.3. The minimum atomic E-state index is -4.34. The molecule has 3 unspecified atom stereocenters. The minimum Gasteiger partial charge on any atom is -0.333 e. The maximum atomic E-state index is 12.5. The number of nitrogens with two attached hydrogens (primary N) is 1. The highest BCUT2D eigenvalue weighted by molar-refractivity contribution is 5.78. The van der Waals surface area contributed by atoms with Gasteiger partial charge in [0.1, 0.15) is 6.54 Å². The van der Waals surface area contributed by atoms with Gasteiger partial charge in [-0.05, 0) is 31.6 Å². The second-order valence-corrected chi connectivity index (χ2v) is 5.85. The fraction of sp³-hybridized carbons (Fsp3) is 0.929. The van der Waals surface area contributed by atoms with Crippen LogP contribution in [0.15, 0.2) is 0 Å². The predicted molar refractivity (Wildman–Crippen MR) is 72.0 cm³/mol. The van der Waals surface area contributed by atoms with Gasteiger partial charge in [-0.25, -0.2) is 0 Å². The summed E-state index contributed by atoms with van der Waals surface area (Å²) in [5.74, 6) is -0.655. The molecule has 0 aliphatic heterocycles. The van der Waals surface area contributed by atoms with Crippen molar-refractivity contribution in [3.8, 4) is 0 Å². The number of amides is 1. The molecule has 1 fully saturated rings. The molecule has 1 aliphatic rings. The first kappa shape index (κ1) is 17.3. The Bertz CT molecular complexity index is 320. The summed E-state index contributed by atoms with van der Waals surface area (Å²) in [5, 5.41) is 0. The molecular formula is C14H25F3N2O. The van der Waals surface area contributed by atoms with Crippen molar-refractivity contribution < 1.29 is 18.0 Å². The van der Waals surface area contributed by atoms with Crippen molar-refractivity contribution in [3.63, 3.8) is 0 Å².